The first-order valence-electron chi connectivity index (χ1n) is 20.2. The Hall–Kier alpha value is -7.00. The summed E-state index contributed by atoms with van der Waals surface area (Å²) in [6.45, 7) is 12.6. The van der Waals surface area contributed by atoms with E-state index in [0.29, 0.717) is 71.4 Å². The lowest BCUT2D eigenvalue weighted by Gasteiger charge is -2.37. The van der Waals surface area contributed by atoms with Gasteiger partial charge in [-0.1, -0.05) is 12.2 Å². The Morgan fingerprint density at radius 3 is 2.28 bits per heavy atom. The third-order valence-electron chi connectivity index (χ3n) is 11.5. The normalized spacial score (nSPS) is 17.0. The molecular weight excluding hydrogens is 787 g/mol. The lowest BCUT2D eigenvalue weighted by molar-refractivity contribution is -0.606. The number of amides is 4. The highest BCUT2D eigenvalue weighted by Gasteiger charge is 2.44. The Labute approximate surface area is 348 Å². The van der Waals surface area contributed by atoms with Crippen molar-refractivity contribution >= 4 is 57.7 Å². The van der Waals surface area contributed by atoms with Crippen molar-refractivity contribution in [2.75, 3.05) is 50.1 Å². The molecular formula is C40H46N15O6+. The Kier molecular flexibility index (Phi) is 9.85. The van der Waals surface area contributed by atoms with Crippen LogP contribution in [0, 0.1) is 19.3 Å². The molecule has 9 rings (SSSR count). The zero-order chi connectivity index (χ0) is 42.7. The third kappa shape index (κ3) is 6.84. The van der Waals surface area contributed by atoms with Crippen LogP contribution in [0.25, 0.3) is 27.9 Å². The first-order valence-corrected chi connectivity index (χ1v) is 20.2. The minimum absolute atomic E-state index is 0.109. The van der Waals surface area contributed by atoms with Crippen LogP contribution in [-0.4, -0.2) is 112 Å². The van der Waals surface area contributed by atoms with Crippen molar-refractivity contribution in [2.45, 2.75) is 60.3 Å². The van der Waals surface area contributed by atoms with Gasteiger partial charge in [-0.15, -0.1) is 4.68 Å². The van der Waals surface area contributed by atoms with E-state index in [1.54, 1.807) is 44.4 Å². The number of hydrogen-bond acceptors (Lipinski definition) is 12. The molecule has 0 atom stereocenters. The highest BCUT2D eigenvalue weighted by Crippen LogP contribution is 2.37. The van der Waals surface area contributed by atoms with Gasteiger partial charge in [0.2, 0.25) is 23.7 Å². The van der Waals surface area contributed by atoms with E-state index < -0.39 is 23.6 Å². The van der Waals surface area contributed by atoms with Gasteiger partial charge in [0.25, 0.3) is 11.7 Å². The second-order valence-corrected chi connectivity index (χ2v) is 15.6. The number of primary amides is 2. The molecule has 4 amide bonds. The molecule has 2 saturated heterocycles. The van der Waals surface area contributed by atoms with E-state index in [4.69, 9.17) is 31.0 Å². The monoisotopic (exact) mass is 832 g/mol. The summed E-state index contributed by atoms with van der Waals surface area (Å²) in [5.41, 5.74) is 14.6. The topological polar surface area (TPSA) is 254 Å². The van der Waals surface area contributed by atoms with Crippen LogP contribution < -0.4 is 31.4 Å². The average molecular weight is 833 g/mol. The van der Waals surface area contributed by atoms with Crippen molar-refractivity contribution in [3.63, 3.8) is 0 Å². The Balaban J connectivity index is 1.20. The smallest absolute Gasteiger partial charge is 0.331 e. The van der Waals surface area contributed by atoms with E-state index in [1.807, 2.05) is 26.0 Å². The number of carbonyl (C=O) groups excluding carboxylic acids is 4. The maximum absolute atomic E-state index is 14.8. The van der Waals surface area contributed by atoms with Gasteiger partial charge in [0, 0.05) is 61.9 Å². The van der Waals surface area contributed by atoms with Crippen LogP contribution in [0.5, 0.6) is 5.75 Å². The number of benzene rings is 1. The highest BCUT2D eigenvalue weighted by atomic mass is 16.5. The number of ether oxygens (including phenoxy) is 2. The van der Waals surface area contributed by atoms with E-state index in [2.05, 4.69) is 30.6 Å². The molecule has 1 aromatic carbocycles. The number of imidazole rings is 2. The fourth-order valence-electron chi connectivity index (χ4n) is 8.51. The van der Waals surface area contributed by atoms with Gasteiger partial charge in [0.05, 0.1) is 30.0 Å². The lowest BCUT2D eigenvalue weighted by atomic mass is 9.85. The van der Waals surface area contributed by atoms with Gasteiger partial charge < -0.3 is 25.5 Å². The van der Waals surface area contributed by atoms with Gasteiger partial charge in [-0.05, 0) is 51.9 Å². The molecule has 0 bridgehead atoms. The minimum Gasteiger partial charge on any atom is -0.490 e. The van der Waals surface area contributed by atoms with Crippen molar-refractivity contribution in [1.29, 1.82) is 0 Å². The number of anilines is 2. The number of allylic oxidation sites excluding steroid dienone is 2. The van der Waals surface area contributed by atoms with Gasteiger partial charge in [-0.2, -0.15) is 9.67 Å². The van der Waals surface area contributed by atoms with E-state index in [9.17, 15) is 19.2 Å². The average Bonchev–Trinajstić information content (AvgIpc) is 4.03. The lowest BCUT2D eigenvalue weighted by Crippen LogP contribution is -2.44. The third-order valence-corrected chi connectivity index (χ3v) is 11.5. The van der Waals surface area contributed by atoms with Crippen LogP contribution in [0.3, 0.4) is 0 Å². The van der Waals surface area contributed by atoms with Crippen LogP contribution in [-0.2, 0) is 30.9 Å². The maximum Gasteiger partial charge on any atom is 0.331 e. The number of aryl methyl sites for hydroxylation is 4. The van der Waals surface area contributed by atoms with E-state index >= 15 is 0 Å². The van der Waals surface area contributed by atoms with Crippen molar-refractivity contribution < 1.29 is 33.2 Å². The predicted molar refractivity (Wildman–Crippen MR) is 220 cm³/mol. The van der Waals surface area contributed by atoms with Crippen LogP contribution in [0.1, 0.15) is 73.6 Å². The number of nitrogens with zero attached hydrogens (tertiary/aromatic N) is 11. The minimum atomic E-state index is -0.673. The molecule has 3 aliphatic rings. The second-order valence-electron chi connectivity index (χ2n) is 15.6. The first kappa shape index (κ1) is 39.5. The number of fused-ring (bicyclic) bond motifs is 9. The number of hydrogen-bond donors (Lipinski definition) is 4. The summed E-state index contributed by atoms with van der Waals surface area (Å²) in [6, 6.07) is 4.70. The van der Waals surface area contributed by atoms with Gasteiger partial charge >= 0.3 is 11.7 Å². The first-order chi connectivity index (χ1) is 29.4. The molecule has 21 heteroatoms. The zero-order valence-corrected chi connectivity index (χ0v) is 34.3. The van der Waals surface area contributed by atoms with Crippen LogP contribution in [0.2, 0.25) is 0 Å². The van der Waals surface area contributed by atoms with E-state index in [0.717, 1.165) is 32.7 Å². The van der Waals surface area contributed by atoms with Crippen molar-refractivity contribution in [1.82, 2.24) is 48.5 Å². The van der Waals surface area contributed by atoms with Crippen molar-refractivity contribution in [2.24, 2.45) is 16.9 Å². The molecule has 2 fully saturated rings. The number of nitrogens with one attached hydrogen (secondary N) is 2. The quantitative estimate of drug-likeness (QED) is 0.126. The van der Waals surface area contributed by atoms with Gasteiger partial charge in [-0.3, -0.25) is 44.0 Å². The predicted octanol–water partition coefficient (Wildman–Crippen LogP) is 1.48. The molecule has 8 heterocycles. The molecule has 6 N–H and O–H groups in total. The Morgan fingerprint density at radius 1 is 0.902 bits per heavy atom. The molecule has 1 spiro atoms. The molecule has 5 aromatic heterocycles. The standard InChI is InChI=1S/C40H45N15O6/c1-5-53-31-29(22(3)48-53)55-23(4)49-54(6-2)37(55)36(59)47-39-45-27-16-25(33(42)57)18-43-34(27)52(39)11-8-7-10-51-30-26(44-38(51)46-35(31)58)15-24(32(41)56)17-28(30)61-14-13-50-12-9-40(19-50)20-60-21-40/h7-8,15-18H,5-6,9-14,19-21H2,1-4H3,(H5-,41,42,44,45,46,47,56,57,58,59)/p+1/b8-7+. The maximum atomic E-state index is 14.8. The summed E-state index contributed by atoms with van der Waals surface area (Å²) in [5.74, 6) is -1.23. The molecule has 3 aliphatic heterocycles. The SMILES string of the molecule is CCn1nc(C)c2c1C(=O)Nc1nc3cc(C(N)=O)cc(OCCN4CCC5(COC5)C4)c3n1C/C=C/Cn1c(nc3cc(C(N)=O)cnc31)NC(=O)c1n(CC)nc(C)[n+]1-2. The summed E-state index contributed by atoms with van der Waals surface area (Å²) in [6.07, 6.45) is 6.15. The number of aromatic nitrogens is 10. The molecule has 21 nitrogen and oxygen atoms in total. The van der Waals surface area contributed by atoms with Crippen LogP contribution in [0.15, 0.2) is 36.5 Å². The van der Waals surface area contributed by atoms with Crippen molar-refractivity contribution in [3.05, 3.63) is 70.7 Å². The summed E-state index contributed by atoms with van der Waals surface area (Å²) < 4.78 is 20.2. The summed E-state index contributed by atoms with van der Waals surface area (Å²) in [7, 11) is 0. The molecule has 0 saturated carbocycles. The fraction of sp³-hybridized carbons (Fsp3) is 0.400. The molecule has 316 valence electrons. The zero-order valence-electron chi connectivity index (χ0n) is 34.3. The van der Waals surface area contributed by atoms with Crippen LogP contribution in [0.4, 0.5) is 11.9 Å². The number of rotatable bonds is 8. The molecule has 0 radical (unpaired) electrons. The molecule has 6 aromatic rings. The van der Waals surface area contributed by atoms with Crippen LogP contribution >= 0.6 is 0 Å². The Morgan fingerprint density at radius 2 is 1.59 bits per heavy atom. The highest BCUT2D eigenvalue weighted by molar-refractivity contribution is 6.06. The fourth-order valence-corrected chi connectivity index (χ4v) is 8.51. The molecule has 0 unspecified atom stereocenters. The summed E-state index contributed by atoms with van der Waals surface area (Å²) in [4.78, 5) is 70.4. The molecule has 0 aliphatic carbocycles. The van der Waals surface area contributed by atoms with Gasteiger partial charge in [0.15, 0.2) is 17.0 Å². The number of pyridine rings is 1. The summed E-state index contributed by atoms with van der Waals surface area (Å²) in [5, 5.41) is 15.4. The molecule has 61 heavy (non-hydrogen) atoms. The van der Waals surface area contributed by atoms with Crippen molar-refractivity contribution in [3.8, 4) is 11.4 Å². The van der Waals surface area contributed by atoms with E-state index in [-0.39, 0.29) is 53.0 Å². The van der Waals surface area contributed by atoms with E-state index in [1.165, 1.54) is 16.9 Å². The Bertz CT molecular complexity index is 2820. The number of likely N-dealkylation sites (tertiary alicyclic amines) is 1. The van der Waals surface area contributed by atoms with Gasteiger partial charge in [0.1, 0.15) is 29.9 Å². The van der Waals surface area contributed by atoms with Gasteiger partial charge in [-0.25, -0.2) is 15.0 Å². The largest absolute Gasteiger partial charge is 0.490 e. The number of carbonyl (C=O) groups is 4. The second kappa shape index (κ2) is 15.2. The number of nitrogens with two attached hydrogens (primary N) is 2. The summed E-state index contributed by atoms with van der Waals surface area (Å²) >= 11 is 0.